The van der Waals surface area contributed by atoms with E-state index in [2.05, 4.69) is 23.6 Å². The van der Waals surface area contributed by atoms with Crippen molar-refractivity contribution in [1.82, 2.24) is 19.8 Å². The summed E-state index contributed by atoms with van der Waals surface area (Å²) in [6, 6.07) is 3.60. The largest absolute Gasteiger partial charge is 0.474 e. The van der Waals surface area contributed by atoms with Crippen LogP contribution in [-0.2, 0) is 4.79 Å². The summed E-state index contributed by atoms with van der Waals surface area (Å²) < 4.78 is 6.16. The van der Waals surface area contributed by atoms with Gasteiger partial charge in [0.15, 0.2) is 5.82 Å². The second kappa shape index (κ2) is 11.5. The molecule has 1 aliphatic rings. The van der Waals surface area contributed by atoms with Crippen LogP contribution in [0.2, 0.25) is 10.0 Å². The van der Waals surface area contributed by atoms with Crippen molar-refractivity contribution in [2.45, 2.75) is 47.1 Å². The van der Waals surface area contributed by atoms with Crippen molar-refractivity contribution in [2.24, 2.45) is 5.92 Å². The third-order valence-corrected chi connectivity index (χ3v) is 6.94. The van der Waals surface area contributed by atoms with Gasteiger partial charge in [-0.3, -0.25) is 4.79 Å². The van der Waals surface area contributed by atoms with Gasteiger partial charge in [-0.15, -0.1) is 0 Å². The molecule has 0 spiro atoms. The Bertz CT molecular complexity index is 968. The zero-order chi connectivity index (χ0) is 24.1. The summed E-state index contributed by atoms with van der Waals surface area (Å²) in [5.41, 5.74) is 1.32. The molecule has 0 N–H and O–H groups in total. The highest BCUT2D eigenvalue weighted by Crippen LogP contribution is 2.34. The lowest BCUT2D eigenvalue weighted by Crippen LogP contribution is -2.43. The monoisotopic (exact) mass is 495 g/mol. The molecule has 1 aromatic carbocycles. The number of carbonyl (C=O) groups is 1. The number of hydrogen-bond acceptors (Lipinski definition) is 6. The summed E-state index contributed by atoms with van der Waals surface area (Å²) in [4.78, 5) is 28.8. The Morgan fingerprint density at radius 2 is 1.76 bits per heavy atom. The van der Waals surface area contributed by atoms with Gasteiger partial charge >= 0.3 is 0 Å². The van der Waals surface area contributed by atoms with Gasteiger partial charge < -0.3 is 19.4 Å². The standard InChI is InChI=1S/C24H35Cl2N5O2/c1-6-29(7-2)11-12-33-23-22(27-20-13-18(25)19(26)14-21(20)28-23)30-10-9-17(15-30)31(8-3)24(32)16(4)5/h13-14,16-17H,6-12,15H2,1-5H3/t17-/m0/s1. The quantitative estimate of drug-likeness (QED) is 0.474. The normalized spacial score (nSPS) is 16.3. The highest BCUT2D eigenvalue weighted by atomic mass is 35.5. The lowest BCUT2D eigenvalue weighted by atomic mass is 10.1. The van der Waals surface area contributed by atoms with E-state index in [1.54, 1.807) is 12.1 Å². The first-order valence-corrected chi connectivity index (χ1v) is 12.6. The van der Waals surface area contributed by atoms with Crippen LogP contribution in [0.4, 0.5) is 5.82 Å². The van der Waals surface area contributed by atoms with Crippen molar-refractivity contribution >= 4 is 46.0 Å². The summed E-state index contributed by atoms with van der Waals surface area (Å²) >= 11 is 12.5. The van der Waals surface area contributed by atoms with Crippen molar-refractivity contribution in [3.63, 3.8) is 0 Å². The second-order valence-corrected chi connectivity index (χ2v) is 9.46. The molecule has 0 unspecified atom stereocenters. The van der Waals surface area contributed by atoms with Crippen molar-refractivity contribution in [3.05, 3.63) is 22.2 Å². The van der Waals surface area contributed by atoms with E-state index < -0.39 is 0 Å². The minimum Gasteiger partial charge on any atom is -0.474 e. The summed E-state index contributed by atoms with van der Waals surface area (Å²) in [5.74, 6) is 1.35. The van der Waals surface area contributed by atoms with Crippen molar-refractivity contribution in [2.75, 3.05) is 50.8 Å². The van der Waals surface area contributed by atoms with Crippen LogP contribution < -0.4 is 9.64 Å². The van der Waals surface area contributed by atoms with Gasteiger partial charge in [-0.05, 0) is 38.6 Å². The number of hydrogen-bond donors (Lipinski definition) is 0. The lowest BCUT2D eigenvalue weighted by Gasteiger charge is -2.30. The molecule has 1 atom stereocenters. The Kier molecular flexibility index (Phi) is 9.02. The average molecular weight is 496 g/mol. The molecule has 182 valence electrons. The van der Waals surface area contributed by atoms with Crippen LogP contribution >= 0.6 is 23.2 Å². The molecule has 3 rings (SSSR count). The first kappa shape index (κ1) is 25.8. The van der Waals surface area contributed by atoms with E-state index in [0.29, 0.717) is 52.5 Å². The fraction of sp³-hybridized carbons (Fsp3) is 0.625. The van der Waals surface area contributed by atoms with Gasteiger partial charge in [-0.1, -0.05) is 50.9 Å². The van der Waals surface area contributed by atoms with Gasteiger partial charge in [0.25, 0.3) is 5.88 Å². The lowest BCUT2D eigenvalue weighted by molar-refractivity contribution is -0.136. The number of nitrogens with zero attached hydrogens (tertiary/aromatic N) is 5. The van der Waals surface area contributed by atoms with Gasteiger partial charge in [0.2, 0.25) is 5.91 Å². The van der Waals surface area contributed by atoms with Gasteiger partial charge in [0.05, 0.1) is 27.1 Å². The number of ether oxygens (including phenoxy) is 1. The molecule has 9 heteroatoms. The van der Waals surface area contributed by atoms with E-state index in [1.165, 1.54) is 0 Å². The fourth-order valence-electron chi connectivity index (χ4n) is 4.25. The Labute approximate surface area is 207 Å². The highest BCUT2D eigenvalue weighted by molar-refractivity contribution is 6.42. The SMILES string of the molecule is CCN(CC)CCOc1nc2cc(Cl)c(Cl)cc2nc1N1CC[C@H](N(CC)C(=O)C(C)C)C1. The number of likely N-dealkylation sites (N-methyl/N-ethyl adjacent to an activating group) is 2. The minimum atomic E-state index is -0.0228. The van der Waals surface area contributed by atoms with Crippen LogP contribution in [0.25, 0.3) is 11.0 Å². The molecule has 1 saturated heterocycles. The van der Waals surface area contributed by atoms with Gasteiger partial charge in [0.1, 0.15) is 6.61 Å². The number of fused-ring (bicyclic) bond motifs is 1. The molecular formula is C24H35Cl2N5O2. The van der Waals surface area contributed by atoms with E-state index in [0.717, 1.165) is 32.6 Å². The first-order valence-electron chi connectivity index (χ1n) is 11.9. The van der Waals surface area contributed by atoms with Crippen LogP contribution in [-0.4, -0.2) is 77.6 Å². The van der Waals surface area contributed by atoms with Crippen LogP contribution in [0.5, 0.6) is 5.88 Å². The number of rotatable bonds is 10. The Hall–Kier alpha value is -1.83. The number of amides is 1. The number of aromatic nitrogens is 2. The van der Waals surface area contributed by atoms with E-state index in [-0.39, 0.29) is 17.9 Å². The molecule has 2 aromatic rings. The second-order valence-electron chi connectivity index (χ2n) is 8.65. The number of halogens is 2. The maximum absolute atomic E-state index is 12.7. The van der Waals surface area contributed by atoms with Gasteiger partial charge in [0, 0.05) is 32.1 Å². The summed E-state index contributed by atoms with van der Waals surface area (Å²) in [5, 5.41) is 0.880. The summed E-state index contributed by atoms with van der Waals surface area (Å²) in [6.45, 7) is 15.6. The molecule has 0 saturated carbocycles. The van der Waals surface area contributed by atoms with Crippen molar-refractivity contribution < 1.29 is 9.53 Å². The Balaban J connectivity index is 1.89. The van der Waals surface area contributed by atoms with Crippen molar-refractivity contribution in [1.29, 1.82) is 0 Å². The molecule has 0 bridgehead atoms. The van der Waals surface area contributed by atoms with E-state index in [9.17, 15) is 4.79 Å². The van der Waals surface area contributed by atoms with Crippen LogP contribution in [0.15, 0.2) is 12.1 Å². The minimum absolute atomic E-state index is 0.0228. The van der Waals surface area contributed by atoms with Gasteiger partial charge in [-0.25, -0.2) is 9.97 Å². The summed E-state index contributed by atoms with van der Waals surface area (Å²) in [7, 11) is 0. The van der Waals surface area contributed by atoms with Crippen LogP contribution in [0.3, 0.4) is 0 Å². The van der Waals surface area contributed by atoms with Crippen molar-refractivity contribution in [3.8, 4) is 5.88 Å². The molecule has 0 radical (unpaired) electrons. The number of carbonyl (C=O) groups excluding carboxylic acids is 1. The molecule has 7 nitrogen and oxygen atoms in total. The predicted octanol–water partition coefficient (Wildman–Crippen LogP) is 4.74. The molecule has 33 heavy (non-hydrogen) atoms. The average Bonchev–Trinajstić information content (AvgIpc) is 3.27. The number of anilines is 1. The van der Waals surface area contributed by atoms with E-state index in [4.69, 9.17) is 37.9 Å². The maximum atomic E-state index is 12.7. The topological polar surface area (TPSA) is 61.8 Å². The zero-order valence-electron chi connectivity index (χ0n) is 20.3. The zero-order valence-corrected chi connectivity index (χ0v) is 21.8. The third kappa shape index (κ3) is 6.00. The molecule has 1 aromatic heterocycles. The number of benzene rings is 1. The fourth-order valence-corrected chi connectivity index (χ4v) is 4.57. The molecular weight excluding hydrogens is 461 g/mol. The maximum Gasteiger partial charge on any atom is 0.258 e. The van der Waals surface area contributed by atoms with Crippen LogP contribution in [0.1, 0.15) is 41.0 Å². The Morgan fingerprint density at radius 1 is 1.12 bits per heavy atom. The van der Waals surface area contributed by atoms with E-state index in [1.807, 2.05) is 25.7 Å². The van der Waals surface area contributed by atoms with Crippen LogP contribution in [0, 0.1) is 5.92 Å². The molecule has 0 aliphatic carbocycles. The molecule has 1 fully saturated rings. The molecule has 1 aliphatic heterocycles. The predicted molar refractivity (Wildman–Crippen MR) is 136 cm³/mol. The first-order chi connectivity index (χ1) is 15.8. The van der Waals surface area contributed by atoms with Gasteiger partial charge in [-0.2, -0.15) is 0 Å². The Morgan fingerprint density at radius 3 is 2.33 bits per heavy atom. The van der Waals surface area contributed by atoms with E-state index >= 15 is 0 Å². The summed E-state index contributed by atoms with van der Waals surface area (Å²) in [6.07, 6.45) is 0.881. The third-order valence-electron chi connectivity index (χ3n) is 6.22. The highest BCUT2D eigenvalue weighted by Gasteiger charge is 2.33. The molecule has 1 amide bonds. The molecule has 2 heterocycles. The smallest absolute Gasteiger partial charge is 0.258 e.